The van der Waals surface area contributed by atoms with Gasteiger partial charge in [0.15, 0.2) is 6.61 Å². The van der Waals surface area contributed by atoms with E-state index in [-0.39, 0.29) is 18.4 Å². The second-order valence-corrected chi connectivity index (χ2v) is 5.52. The van der Waals surface area contributed by atoms with Crippen molar-refractivity contribution in [3.8, 4) is 5.75 Å². The van der Waals surface area contributed by atoms with Gasteiger partial charge in [-0.05, 0) is 56.4 Å². The summed E-state index contributed by atoms with van der Waals surface area (Å²) in [5, 5.41) is 5.53. The van der Waals surface area contributed by atoms with E-state index in [0.717, 1.165) is 24.0 Å². The Kier molecular flexibility index (Phi) is 5.20. The molecule has 5 heteroatoms. The number of hydrogen-bond acceptors (Lipinski definition) is 3. The number of carbonyl (C=O) groups excluding carboxylic acids is 2. The first-order chi connectivity index (χ1) is 10.0. The van der Waals surface area contributed by atoms with Gasteiger partial charge in [-0.1, -0.05) is 6.07 Å². The van der Waals surface area contributed by atoms with Crippen LogP contribution >= 0.6 is 0 Å². The minimum atomic E-state index is -0.442. The van der Waals surface area contributed by atoms with Crippen LogP contribution < -0.4 is 15.4 Å². The number of carbonyl (C=O) groups is 2. The van der Waals surface area contributed by atoms with Gasteiger partial charge >= 0.3 is 0 Å². The van der Waals surface area contributed by atoms with Crippen LogP contribution in [0.5, 0.6) is 5.75 Å². The number of rotatable bonds is 4. The van der Waals surface area contributed by atoms with Crippen molar-refractivity contribution in [1.29, 1.82) is 0 Å². The van der Waals surface area contributed by atoms with Crippen molar-refractivity contribution in [2.75, 3.05) is 13.2 Å². The van der Waals surface area contributed by atoms with E-state index in [9.17, 15) is 9.59 Å². The fraction of sp³-hybridized carbons (Fsp3) is 0.500. The summed E-state index contributed by atoms with van der Waals surface area (Å²) in [6.07, 6.45) is 2.57. The van der Waals surface area contributed by atoms with E-state index in [0.29, 0.717) is 18.7 Å². The molecule has 114 valence electrons. The molecule has 1 heterocycles. The highest BCUT2D eigenvalue weighted by Gasteiger charge is 2.22. The Labute approximate surface area is 125 Å². The Bertz CT molecular complexity index is 508. The van der Waals surface area contributed by atoms with Crippen LogP contribution in [0.3, 0.4) is 0 Å². The van der Waals surface area contributed by atoms with Gasteiger partial charge in [0.05, 0.1) is 0 Å². The van der Waals surface area contributed by atoms with Gasteiger partial charge in [-0.15, -0.1) is 0 Å². The molecule has 0 aromatic heterocycles. The maximum absolute atomic E-state index is 11.9. The third kappa shape index (κ3) is 4.77. The molecule has 0 spiro atoms. The summed E-state index contributed by atoms with van der Waals surface area (Å²) in [4.78, 5) is 23.6. The summed E-state index contributed by atoms with van der Waals surface area (Å²) in [5.41, 5.74) is 2.18. The van der Waals surface area contributed by atoms with Gasteiger partial charge in [-0.25, -0.2) is 0 Å². The van der Waals surface area contributed by atoms with Crippen LogP contribution in [0.25, 0.3) is 0 Å². The molecule has 0 unspecified atom stereocenters. The summed E-state index contributed by atoms with van der Waals surface area (Å²) in [6, 6.07) is 5.38. The van der Waals surface area contributed by atoms with Crippen LogP contribution in [0.4, 0.5) is 0 Å². The first-order valence-corrected chi connectivity index (χ1v) is 7.33. The van der Waals surface area contributed by atoms with Crippen molar-refractivity contribution in [1.82, 2.24) is 10.6 Å². The second kappa shape index (κ2) is 7.11. The zero-order valence-electron chi connectivity index (χ0n) is 12.6. The molecule has 0 aliphatic carbocycles. The lowest BCUT2D eigenvalue weighted by molar-refractivity contribution is -0.129. The summed E-state index contributed by atoms with van der Waals surface area (Å²) in [5.74, 6) is 0.302. The minimum Gasteiger partial charge on any atom is -0.484 e. The Morgan fingerprint density at radius 1 is 1.29 bits per heavy atom. The molecule has 1 saturated heterocycles. The maximum Gasteiger partial charge on any atom is 0.258 e. The molecule has 5 nitrogen and oxygen atoms in total. The monoisotopic (exact) mass is 290 g/mol. The number of aryl methyl sites for hydroxylation is 2. The number of amides is 2. The smallest absolute Gasteiger partial charge is 0.258 e. The molecule has 2 rings (SSSR count). The fourth-order valence-electron chi connectivity index (χ4n) is 2.48. The van der Waals surface area contributed by atoms with Gasteiger partial charge in [0.1, 0.15) is 11.8 Å². The molecule has 1 aliphatic rings. The van der Waals surface area contributed by atoms with Crippen molar-refractivity contribution in [2.45, 2.75) is 39.2 Å². The molecule has 1 aromatic rings. The lowest BCUT2D eigenvalue weighted by Gasteiger charge is -2.15. The maximum atomic E-state index is 11.9. The second-order valence-electron chi connectivity index (χ2n) is 5.52. The molecule has 1 aromatic carbocycles. The van der Waals surface area contributed by atoms with Crippen molar-refractivity contribution in [2.24, 2.45) is 0 Å². The molecule has 21 heavy (non-hydrogen) atoms. The molecule has 1 atom stereocenters. The molecular weight excluding hydrogens is 268 g/mol. The third-order valence-corrected chi connectivity index (χ3v) is 3.44. The Morgan fingerprint density at radius 2 is 2.00 bits per heavy atom. The summed E-state index contributed by atoms with van der Waals surface area (Å²) in [7, 11) is 0. The third-order valence-electron chi connectivity index (χ3n) is 3.44. The van der Waals surface area contributed by atoms with Crippen LogP contribution in [0.2, 0.25) is 0 Å². The summed E-state index contributed by atoms with van der Waals surface area (Å²) in [6.45, 7) is 4.57. The number of ether oxygens (including phenoxy) is 1. The van der Waals surface area contributed by atoms with E-state index in [1.165, 1.54) is 0 Å². The van der Waals surface area contributed by atoms with Gasteiger partial charge in [-0.3, -0.25) is 9.59 Å². The van der Waals surface area contributed by atoms with E-state index in [1.54, 1.807) is 0 Å². The van der Waals surface area contributed by atoms with Crippen LogP contribution in [0.1, 0.15) is 30.4 Å². The highest BCUT2D eigenvalue weighted by Crippen LogP contribution is 2.16. The molecule has 2 amide bonds. The topological polar surface area (TPSA) is 67.4 Å². The van der Waals surface area contributed by atoms with E-state index in [2.05, 4.69) is 10.6 Å². The molecule has 1 fully saturated rings. The van der Waals surface area contributed by atoms with Gasteiger partial charge in [0.25, 0.3) is 5.91 Å². The van der Waals surface area contributed by atoms with Crippen molar-refractivity contribution in [3.63, 3.8) is 0 Å². The number of hydrogen-bond donors (Lipinski definition) is 2. The molecule has 0 radical (unpaired) electrons. The fourth-order valence-corrected chi connectivity index (χ4v) is 2.48. The van der Waals surface area contributed by atoms with Gasteiger partial charge < -0.3 is 15.4 Å². The van der Waals surface area contributed by atoms with E-state index in [1.807, 2.05) is 32.0 Å². The average molecular weight is 290 g/mol. The van der Waals surface area contributed by atoms with Crippen LogP contribution in [-0.2, 0) is 9.59 Å². The number of nitrogens with one attached hydrogen (secondary N) is 2. The first-order valence-electron chi connectivity index (χ1n) is 7.33. The Morgan fingerprint density at radius 3 is 2.71 bits per heavy atom. The van der Waals surface area contributed by atoms with Gasteiger partial charge in [0, 0.05) is 6.54 Å². The zero-order valence-corrected chi connectivity index (χ0v) is 12.6. The lowest BCUT2D eigenvalue weighted by Crippen LogP contribution is -2.46. The predicted molar refractivity (Wildman–Crippen MR) is 80.2 cm³/mol. The Balaban J connectivity index is 1.85. The van der Waals surface area contributed by atoms with Crippen LogP contribution in [-0.4, -0.2) is 31.0 Å². The van der Waals surface area contributed by atoms with Crippen LogP contribution in [0, 0.1) is 13.8 Å². The standard InChI is InChI=1S/C16H22N2O3/c1-11-7-12(2)9-13(8-11)21-10-15(19)18-14-5-3-4-6-17-16(14)20/h7-9,14H,3-6,10H2,1-2H3,(H,17,20)(H,18,19)/t14-/m0/s1. The Hall–Kier alpha value is -2.04. The van der Waals surface area contributed by atoms with Gasteiger partial charge in [0.2, 0.25) is 5.91 Å². The zero-order chi connectivity index (χ0) is 15.2. The molecule has 1 aliphatic heterocycles. The molecule has 2 N–H and O–H groups in total. The molecular formula is C16H22N2O3. The lowest BCUT2D eigenvalue weighted by atomic mass is 10.1. The largest absolute Gasteiger partial charge is 0.484 e. The minimum absolute atomic E-state index is 0.0767. The van der Waals surface area contributed by atoms with Crippen LogP contribution in [0.15, 0.2) is 18.2 Å². The average Bonchev–Trinajstić information content (AvgIpc) is 2.61. The van der Waals surface area contributed by atoms with E-state index < -0.39 is 6.04 Å². The normalized spacial score (nSPS) is 18.6. The first kappa shape index (κ1) is 15.4. The SMILES string of the molecule is Cc1cc(C)cc(OCC(=O)N[C@H]2CCCCNC2=O)c1. The molecule has 0 bridgehead atoms. The summed E-state index contributed by atoms with van der Waals surface area (Å²) < 4.78 is 5.49. The summed E-state index contributed by atoms with van der Waals surface area (Å²) >= 11 is 0. The highest BCUT2D eigenvalue weighted by molar-refractivity contribution is 5.88. The predicted octanol–water partition coefficient (Wildman–Crippen LogP) is 1.47. The van der Waals surface area contributed by atoms with E-state index >= 15 is 0 Å². The molecule has 0 saturated carbocycles. The van der Waals surface area contributed by atoms with Crippen molar-refractivity contribution >= 4 is 11.8 Å². The van der Waals surface area contributed by atoms with Crippen molar-refractivity contribution in [3.05, 3.63) is 29.3 Å². The van der Waals surface area contributed by atoms with Gasteiger partial charge in [-0.2, -0.15) is 0 Å². The number of benzene rings is 1. The highest BCUT2D eigenvalue weighted by atomic mass is 16.5. The quantitative estimate of drug-likeness (QED) is 0.882. The van der Waals surface area contributed by atoms with E-state index in [4.69, 9.17) is 4.74 Å². The van der Waals surface area contributed by atoms with Crippen molar-refractivity contribution < 1.29 is 14.3 Å².